The molecule has 28 heavy (non-hydrogen) atoms. The molecular formula is C23H22N2O3. The van der Waals surface area contributed by atoms with Gasteiger partial charge in [0.2, 0.25) is 11.8 Å². The highest BCUT2D eigenvalue weighted by Gasteiger charge is 2.48. The number of amides is 3. The molecule has 5 heteroatoms. The third-order valence-electron chi connectivity index (χ3n) is 5.49. The van der Waals surface area contributed by atoms with Gasteiger partial charge in [0.15, 0.2) is 0 Å². The highest BCUT2D eigenvalue weighted by atomic mass is 16.2. The van der Waals surface area contributed by atoms with Crippen molar-refractivity contribution in [3.8, 4) is 0 Å². The minimum Gasteiger partial charge on any atom is -0.322 e. The number of hydrogen-bond acceptors (Lipinski definition) is 3. The van der Waals surface area contributed by atoms with Gasteiger partial charge in [-0.2, -0.15) is 0 Å². The van der Waals surface area contributed by atoms with E-state index in [4.69, 9.17) is 0 Å². The third kappa shape index (κ3) is 3.24. The average Bonchev–Trinajstić information content (AvgIpc) is 2.92. The van der Waals surface area contributed by atoms with Crippen LogP contribution in [-0.2, 0) is 9.59 Å². The number of allylic oxidation sites excluding steroid dienone is 2. The Bertz CT molecular complexity index is 991. The number of carbonyl (C=O) groups excluding carboxylic acids is 3. The molecule has 2 aromatic rings. The number of carbonyl (C=O) groups is 3. The molecule has 1 saturated heterocycles. The summed E-state index contributed by atoms with van der Waals surface area (Å²) in [6.07, 6.45) is 3.31. The number of anilines is 2. The van der Waals surface area contributed by atoms with Gasteiger partial charge < -0.3 is 5.32 Å². The maximum absolute atomic E-state index is 12.8. The molecule has 0 spiro atoms. The van der Waals surface area contributed by atoms with Gasteiger partial charge in [-0.25, -0.2) is 0 Å². The maximum atomic E-state index is 12.8. The van der Waals surface area contributed by atoms with Crippen LogP contribution in [0.2, 0.25) is 0 Å². The highest BCUT2D eigenvalue weighted by Crippen LogP contribution is 2.39. The third-order valence-corrected chi connectivity index (χ3v) is 5.49. The van der Waals surface area contributed by atoms with Crippen molar-refractivity contribution in [3.05, 3.63) is 71.3 Å². The lowest BCUT2D eigenvalue weighted by Crippen LogP contribution is -2.30. The van der Waals surface area contributed by atoms with Crippen LogP contribution in [0.3, 0.4) is 0 Å². The van der Waals surface area contributed by atoms with Crippen LogP contribution in [0.15, 0.2) is 60.2 Å². The zero-order valence-electron chi connectivity index (χ0n) is 15.9. The molecule has 1 heterocycles. The van der Waals surface area contributed by atoms with E-state index >= 15 is 0 Å². The average molecular weight is 374 g/mol. The van der Waals surface area contributed by atoms with Crippen molar-refractivity contribution in [2.24, 2.45) is 11.8 Å². The van der Waals surface area contributed by atoms with Crippen molar-refractivity contribution < 1.29 is 14.4 Å². The van der Waals surface area contributed by atoms with Gasteiger partial charge >= 0.3 is 0 Å². The predicted octanol–water partition coefficient (Wildman–Crippen LogP) is 4.09. The van der Waals surface area contributed by atoms with E-state index in [1.165, 1.54) is 4.90 Å². The lowest BCUT2D eigenvalue weighted by Gasteiger charge is -2.18. The summed E-state index contributed by atoms with van der Waals surface area (Å²) < 4.78 is 0. The second-order valence-corrected chi connectivity index (χ2v) is 7.59. The van der Waals surface area contributed by atoms with Gasteiger partial charge in [0.1, 0.15) is 0 Å². The van der Waals surface area contributed by atoms with Crippen molar-refractivity contribution in [2.75, 3.05) is 10.2 Å². The Kier molecular flexibility index (Phi) is 4.59. The molecular weight excluding hydrogens is 352 g/mol. The zero-order chi connectivity index (χ0) is 19.8. The monoisotopic (exact) mass is 374 g/mol. The Morgan fingerprint density at radius 1 is 1.00 bits per heavy atom. The molecule has 4 rings (SSSR count). The summed E-state index contributed by atoms with van der Waals surface area (Å²) in [5.41, 5.74) is 3.94. The second-order valence-electron chi connectivity index (χ2n) is 7.59. The summed E-state index contributed by atoms with van der Waals surface area (Å²) >= 11 is 0. The first-order chi connectivity index (χ1) is 13.4. The van der Waals surface area contributed by atoms with E-state index in [0.717, 1.165) is 16.8 Å². The largest absolute Gasteiger partial charge is 0.322 e. The first kappa shape index (κ1) is 18.2. The summed E-state index contributed by atoms with van der Waals surface area (Å²) in [7, 11) is 0. The molecule has 0 bridgehead atoms. The quantitative estimate of drug-likeness (QED) is 0.650. The molecule has 1 aliphatic carbocycles. The normalized spacial score (nSPS) is 21.4. The molecule has 1 N–H and O–H groups in total. The number of imide groups is 1. The molecule has 2 atom stereocenters. The molecule has 1 aliphatic heterocycles. The molecule has 2 aromatic carbocycles. The maximum Gasteiger partial charge on any atom is 0.255 e. The van der Waals surface area contributed by atoms with Crippen LogP contribution in [-0.4, -0.2) is 17.7 Å². The molecule has 3 amide bonds. The summed E-state index contributed by atoms with van der Waals surface area (Å²) in [5.74, 6) is -1.04. The summed E-state index contributed by atoms with van der Waals surface area (Å²) in [6, 6.07) is 14.2. The number of aryl methyl sites for hydroxylation is 1. The smallest absolute Gasteiger partial charge is 0.255 e. The summed E-state index contributed by atoms with van der Waals surface area (Å²) in [5, 5.41) is 2.86. The number of fused-ring (bicyclic) bond motifs is 1. The van der Waals surface area contributed by atoms with Gasteiger partial charge in [0.25, 0.3) is 5.91 Å². The van der Waals surface area contributed by atoms with Crippen LogP contribution in [0.5, 0.6) is 0 Å². The Labute approximate surface area is 164 Å². The van der Waals surface area contributed by atoms with Crippen molar-refractivity contribution >= 4 is 29.1 Å². The van der Waals surface area contributed by atoms with Crippen LogP contribution in [0, 0.1) is 18.8 Å². The van der Waals surface area contributed by atoms with Gasteiger partial charge in [0, 0.05) is 11.3 Å². The first-order valence-electron chi connectivity index (χ1n) is 9.45. The number of nitrogens with zero attached hydrogens (tertiary/aromatic N) is 1. The minimum atomic E-state index is -0.263. The lowest BCUT2D eigenvalue weighted by molar-refractivity contribution is -0.122. The van der Waals surface area contributed by atoms with E-state index in [-0.39, 0.29) is 29.6 Å². The van der Waals surface area contributed by atoms with E-state index in [9.17, 15) is 14.4 Å². The van der Waals surface area contributed by atoms with E-state index in [0.29, 0.717) is 24.1 Å². The van der Waals surface area contributed by atoms with Crippen molar-refractivity contribution in [1.82, 2.24) is 0 Å². The van der Waals surface area contributed by atoms with Crippen molar-refractivity contribution in [1.29, 1.82) is 0 Å². The van der Waals surface area contributed by atoms with Gasteiger partial charge in [-0.15, -0.1) is 0 Å². The zero-order valence-corrected chi connectivity index (χ0v) is 15.9. The second kappa shape index (κ2) is 7.08. The minimum absolute atomic E-state index is 0.139. The van der Waals surface area contributed by atoms with Gasteiger partial charge in [-0.05, 0) is 68.7 Å². The van der Waals surface area contributed by atoms with Crippen LogP contribution in [0.25, 0.3) is 0 Å². The lowest BCUT2D eigenvalue weighted by atomic mass is 9.82. The van der Waals surface area contributed by atoms with Crippen LogP contribution >= 0.6 is 0 Å². The van der Waals surface area contributed by atoms with E-state index in [2.05, 4.69) is 11.4 Å². The van der Waals surface area contributed by atoms with Gasteiger partial charge in [-0.1, -0.05) is 23.8 Å². The van der Waals surface area contributed by atoms with Crippen LogP contribution in [0.1, 0.15) is 35.7 Å². The SMILES string of the molecule is CC1=CC[C@H]2C(=O)N(c3ccc(C(=O)Nc4cccc(C)c4)cc3)C(=O)[C@H]2C1. The molecule has 5 nitrogen and oxygen atoms in total. The standard InChI is InChI=1S/C23H22N2O3/c1-14-4-3-5-17(12-14)24-21(26)16-7-9-18(10-8-16)25-22(27)19-11-6-15(2)13-20(19)23(25)28/h3-10,12,19-20H,11,13H2,1-2H3,(H,24,26)/t19-,20+/m1/s1. The fourth-order valence-corrected chi connectivity index (χ4v) is 3.98. The Morgan fingerprint density at radius 2 is 1.71 bits per heavy atom. The van der Waals surface area contributed by atoms with E-state index < -0.39 is 0 Å². The molecule has 2 aliphatic rings. The van der Waals surface area contributed by atoms with Crippen molar-refractivity contribution in [2.45, 2.75) is 26.7 Å². The van der Waals surface area contributed by atoms with Gasteiger partial charge in [0.05, 0.1) is 17.5 Å². The number of hydrogen-bond donors (Lipinski definition) is 1. The summed E-state index contributed by atoms with van der Waals surface area (Å²) in [4.78, 5) is 39.3. The molecule has 0 radical (unpaired) electrons. The van der Waals surface area contributed by atoms with E-state index in [1.807, 2.05) is 38.1 Å². The Balaban J connectivity index is 1.51. The van der Waals surface area contributed by atoms with Crippen LogP contribution in [0.4, 0.5) is 11.4 Å². The number of nitrogens with one attached hydrogen (secondary N) is 1. The molecule has 142 valence electrons. The van der Waals surface area contributed by atoms with E-state index in [1.54, 1.807) is 24.3 Å². The molecule has 0 saturated carbocycles. The Hall–Kier alpha value is -3.21. The topological polar surface area (TPSA) is 66.5 Å². The predicted molar refractivity (Wildman–Crippen MR) is 108 cm³/mol. The Morgan fingerprint density at radius 3 is 2.43 bits per heavy atom. The first-order valence-corrected chi connectivity index (χ1v) is 9.45. The fourth-order valence-electron chi connectivity index (χ4n) is 3.98. The van der Waals surface area contributed by atoms with Gasteiger partial charge in [-0.3, -0.25) is 19.3 Å². The molecule has 0 unspecified atom stereocenters. The molecule has 0 aromatic heterocycles. The fraction of sp³-hybridized carbons (Fsp3) is 0.261. The van der Waals surface area contributed by atoms with Crippen molar-refractivity contribution in [3.63, 3.8) is 0 Å². The highest BCUT2D eigenvalue weighted by molar-refractivity contribution is 6.22. The summed E-state index contributed by atoms with van der Waals surface area (Å²) in [6.45, 7) is 3.96. The molecule has 1 fully saturated rings. The number of benzene rings is 2. The number of rotatable bonds is 3. The van der Waals surface area contributed by atoms with Crippen LogP contribution < -0.4 is 10.2 Å².